The Balaban J connectivity index is 0.685. The van der Waals surface area contributed by atoms with Gasteiger partial charge in [0.15, 0.2) is 37.0 Å². The number of aromatic hydroxyl groups is 2. The number of Topliss-reactive ketones (excluding diaryl/α,β-unsaturated/α-hetero) is 1. The molecule has 10 rings (SSSR count). The van der Waals surface area contributed by atoms with E-state index >= 15 is 0 Å². The number of likely N-dealkylation sites (N-methyl/N-ethyl adjacent to an activating group) is 2. The molecule has 4 aliphatic heterocycles. The molecule has 8 amide bonds. The fraction of sp³-hybridized carbons (Fsp3) is 0.479. The smallest absolute Gasteiger partial charge is 0.409 e. The Morgan fingerprint density at radius 2 is 1.47 bits per heavy atom. The Morgan fingerprint density at radius 1 is 0.772 bits per heavy atom. The number of anilines is 2. The number of phenols is 2. The van der Waals surface area contributed by atoms with Crippen molar-refractivity contribution in [2.24, 2.45) is 5.92 Å². The van der Waals surface area contributed by atoms with Crippen molar-refractivity contribution in [3.63, 3.8) is 0 Å². The van der Waals surface area contributed by atoms with Crippen LogP contribution in [0.15, 0.2) is 84.9 Å². The van der Waals surface area contributed by atoms with E-state index in [9.17, 15) is 68.1 Å². The van der Waals surface area contributed by atoms with Gasteiger partial charge in [-0.15, -0.1) is 0 Å². The minimum atomic E-state index is -2.48. The van der Waals surface area contributed by atoms with Crippen molar-refractivity contribution in [1.82, 2.24) is 35.6 Å². The van der Waals surface area contributed by atoms with Crippen LogP contribution in [0.2, 0.25) is 0 Å². The van der Waals surface area contributed by atoms with Crippen LogP contribution in [-0.2, 0) is 86.2 Å². The van der Waals surface area contributed by atoms with Gasteiger partial charge in [-0.2, -0.15) is 0 Å². The molecule has 30 heteroatoms. The van der Waals surface area contributed by atoms with Gasteiger partial charge in [0.25, 0.3) is 11.8 Å². The zero-order valence-electron chi connectivity index (χ0n) is 56.9. The molecule has 4 heterocycles. The summed E-state index contributed by atoms with van der Waals surface area (Å²) >= 11 is 0. The number of amides is 8. The maximum absolute atomic E-state index is 14.3. The number of hydrogen-bond acceptors (Lipinski definition) is 23. The number of nitrogens with zero attached hydrogens (tertiary/aromatic N) is 4. The molecule has 0 bridgehead atoms. The number of aliphatic hydroxyl groups is 1. The first-order chi connectivity index (χ1) is 48.2. The summed E-state index contributed by atoms with van der Waals surface area (Å²) in [7, 11) is 4.28. The van der Waals surface area contributed by atoms with E-state index in [2.05, 4.69) is 26.2 Å². The highest BCUT2D eigenvalue weighted by atomic mass is 16.7. The zero-order chi connectivity index (χ0) is 72.6. The molecular weight excluding hydrogens is 1310 g/mol. The van der Waals surface area contributed by atoms with Gasteiger partial charge in [-0.1, -0.05) is 74.9 Å². The van der Waals surface area contributed by atoms with Crippen molar-refractivity contribution in [1.29, 1.82) is 0 Å². The number of carbonyl (C=O) groups excluding carboxylic acids is 11. The number of nitrogens with two attached hydrogens (primary N) is 1. The Labute approximate surface area is 582 Å². The molecule has 0 spiro atoms. The SMILES string of the molecule is CO[C@H]1OCCN2[C@@H]1O[C@@H]1[C@H](C)O[C@@H](O[C@H]3C[C@](O)(C(=O)COC(=O)N(C)CCN(C)C(=O)OCc4ccc(NC(=O)CNC(=O)[C@H](CC(C)C)NC(=O)[C@H](Cc5ccccc5)NC(=O)CCCCCN5C(=O)C=CC5=O)cc4)Cc4c(O)c5c(c(O)c43)C(=O)c3c(N)cccc3C5=O)C[C@@H]12. The quantitative estimate of drug-likeness (QED) is 0.0154. The van der Waals surface area contributed by atoms with Crippen LogP contribution in [0.3, 0.4) is 0 Å². The molecule has 540 valence electrons. The van der Waals surface area contributed by atoms with Crippen LogP contribution in [0.5, 0.6) is 11.5 Å². The number of imide groups is 1. The molecule has 0 unspecified atom stereocenters. The molecule has 0 saturated carbocycles. The number of phenolic OH excluding ortho intramolecular Hbond substituents is 2. The van der Waals surface area contributed by atoms with E-state index in [0.717, 1.165) is 15.4 Å². The second kappa shape index (κ2) is 32.3. The number of hydrogen-bond donors (Lipinski definition) is 8. The minimum Gasteiger partial charge on any atom is -0.507 e. The van der Waals surface area contributed by atoms with Gasteiger partial charge in [-0.25, -0.2) is 9.59 Å². The number of ether oxygens (including phenoxy) is 7. The number of methoxy groups -OCH3 is 1. The average Bonchev–Trinajstić information content (AvgIpc) is 1.12. The van der Waals surface area contributed by atoms with Gasteiger partial charge in [0.05, 0.1) is 42.0 Å². The molecule has 4 aromatic carbocycles. The van der Waals surface area contributed by atoms with E-state index in [4.69, 9.17) is 38.9 Å². The fourth-order valence-electron chi connectivity index (χ4n) is 13.4. The third-order valence-electron chi connectivity index (χ3n) is 18.8. The van der Waals surface area contributed by atoms with Gasteiger partial charge in [-0.05, 0) is 61.4 Å². The lowest BCUT2D eigenvalue weighted by Crippen LogP contribution is -2.55. The molecule has 6 aliphatic rings. The first-order valence-corrected chi connectivity index (χ1v) is 33.5. The van der Waals surface area contributed by atoms with Crippen LogP contribution in [0, 0.1) is 5.92 Å². The van der Waals surface area contributed by atoms with Crippen LogP contribution in [0.1, 0.15) is 126 Å². The van der Waals surface area contributed by atoms with Gasteiger partial charge >= 0.3 is 12.2 Å². The average molecular weight is 1400 g/mol. The Kier molecular flexibility index (Phi) is 23.7. The molecule has 30 nitrogen and oxygen atoms in total. The van der Waals surface area contributed by atoms with Crippen molar-refractivity contribution >= 4 is 76.4 Å². The van der Waals surface area contributed by atoms with Crippen molar-refractivity contribution in [2.75, 3.05) is 78.2 Å². The number of nitrogen functional groups attached to an aromatic ring is 1. The monoisotopic (exact) mass is 1400 g/mol. The summed E-state index contributed by atoms with van der Waals surface area (Å²) in [5.41, 5.74) is 3.46. The van der Waals surface area contributed by atoms with Gasteiger partial charge in [0.1, 0.15) is 41.9 Å². The van der Waals surface area contributed by atoms with Gasteiger partial charge in [0.2, 0.25) is 29.4 Å². The molecule has 0 aromatic heterocycles. The number of morpholine rings is 1. The number of ketones is 3. The summed E-state index contributed by atoms with van der Waals surface area (Å²) in [5, 5.41) is 47.4. The first-order valence-electron chi connectivity index (χ1n) is 33.5. The van der Waals surface area contributed by atoms with Gasteiger partial charge in [-0.3, -0.25) is 53.0 Å². The maximum atomic E-state index is 14.3. The molecule has 3 saturated heterocycles. The highest BCUT2D eigenvalue weighted by Crippen LogP contribution is 2.53. The van der Waals surface area contributed by atoms with Crippen LogP contribution >= 0.6 is 0 Å². The number of nitrogens with one attached hydrogen (secondary N) is 4. The largest absolute Gasteiger partial charge is 0.507 e. The fourth-order valence-corrected chi connectivity index (χ4v) is 13.4. The van der Waals surface area contributed by atoms with Crippen LogP contribution < -0.4 is 27.0 Å². The minimum absolute atomic E-state index is 0.0414. The molecule has 10 atom stereocenters. The third kappa shape index (κ3) is 17.0. The van der Waals surface area contributed by atoms with E-state index in [1.54, 1.807) is 43.3 Å². The topological polar surface area (TPSA) is 400 Å². The zero-order valence-corrected chi connectivity index (χ0v) is 56.9. The Hall–Kier alpha value is -9.69. The Morgan fingerprint density at radius 3 is 2.16 bits per heavy atom. The third-order valence-corrected chi connectivity index (χ3v) is 18.8. The number of benzene rings is 4. The standard InChI is InChI=1S/C71H85N9O21/c1-38(2)30-46(76-66(91)47(31-40-14-9-7-10-15-40)75-51(82)18-11-8-12-25-80-53(84)23-24-54(80)85)65(90)73-35-52(83)74-42-21-19-41(20-22-42)36-97-69(92)77(4)26-27-78(5)70(93)98-37-50(81)71(94)33-44-57(63(89)59-58(61(44)87)60(86)43-16-13-17-45(72)56(43)62(59)88)49(34-71)100-55-32-48-64(39(3)99-55)101-67-68(95-6)96-29-28-79(48)67/h7,9-10,13-17,19-24,38-39,46-49,55,64,67-68,87,89,94H,8,11-12,18,25-37,72H2,1-6H3,(H,73,90)(H,74,83)(H,75,82)(H,76,91)/t39-,46-,47-,48-,49-,55-,64+,67+,68-,71-/m0/s1. The summed E-state index contributed by atoms with van der Waals surface area (Å²) in [6, 6.07) is 17.2. The van der Waals surface area contributed by atoms with Crippen molar-refractivity contribution in [3.8, 4) is 11.5 Å². The van der Waals surface area contributed by atoms with Crippen molar-refractivity contribution < 1.29 is 101 Å². The second-order valence-electron chi connectivity index (χ2n) is 26.4. The van der Waals surface area contributed by atoms with E-state index in [1.807, 2.05) is 32.0 Å². The summed E-state index contributed by atoms with van der Waals surface area (Å²) in [4.78, 5) is 152. The molecule has 3 fully saturated rings. The lowest BCUT2D eigenvalue weighted by Gasteiger charge is -2.43. The predicted molar refractivity (Wildman–Crippen MR) is 357 cm³/mol. The normalized spacial score (nSPS) is 22.6. The van der Waals surface area contributed by atoms with E-state index in [-0.39, 0.29) is 104 Å². The lowest BCUT2D eigenvalue weighted by molar-refractivity contribution is -0.256. The van der Waals surface area contributed by atoms with Crippen LogP contribution in [0.4, 0.5) is 21.0 Å². The number of carbonyl (C=O) groups is 11. The predicted octanol–water partition coefficient (Wildman–Crippen LogP) is 3.43. The summed E-state index contributed by atoms with van der Waals surface area (Å²) in [6.07, 6.45) is -3.43. The second-order valence-corrected chi connectivity index (χ2v) is 26.4. The molecular formula is C71H85N9O21. The Bertz CT molecular complexity index is 3850. The summed E-state index contributed by atoms with van der Waals surface area (Å²) in [5.74, 6) is -7.26. The van der Waals surface area contributed by atoms with Crippen molar-refractivity contribution in [3.05, 3.63) is 129 Å². The summed E-state index contributed by atoms with van der Waals surface area (Å²) in [6.45, 7) is 4.73. The maximum Gasteiger partial charge on any atom is 0.409 e. The van der Waals surface area contributed by atoms with E-state index in [0.29, 0.717) is 43.7 Å². The van der Waals surface area contributed by atoms with Gasteiger partial charge in [0, 0.05) is 126 Å². The van der Waals surface area contributed by atoms with Crippen LogP contribution in [0.25, 0.3) is 0 Å². The first kappa shape index (κ1) is 74.0. The molecule has 2 aliphatic carbocycles. The number of fused-ring (bicyclic) bond motifs is 6. The molecule has 4 aromatic rings. The molecule has 0 radical (unpaired) electrons. The highest BCUT2D eigenvalue weighted by molar-refractivity contribution is 6.32. The summed E-state index contributed by atoms with van der Waals surface area (Å²) < 4.78 is 41.4. The van der Waals surface area contributed by atoms with Crippen molar-refractivity contribution in [2.45, 2.75) is 146 Å². The highest BCUT2D eigenvalue weighted by Gasteiger charge is 2.55. The molecule has 9 N–H and O–H groups in total. The van der Waals surface area contributed by atoms with E-state index < -0.39 is 157 Å². The van der Waals surface area contributed by atoms with E-state index in [1.165, 1.54) is 56.5 Å². The van der Waals surface area contributed by atoms with Gasteiger partial charge < -0.3 is 85.3 Å². The lowest BCUT2D eigenvalue weighted by atomic mass is 9.71. The number of rotatable bonds is 28. The van der Waals surface area contributed by atoms with Crippen LogP contribution in [-0.4, -0.2) is 222 Å². The number of unbranched alkanes of at least 4 members (excludes halogenated alkanes) is 2. The molecule has 101 heavy (non-hydrogen) atoms.